The van der Waals surface area contributed by atoms with Crippen LogP contribution in [0.15, 0.2) is 11.8 Å². The first-order valence-electron chi connectivity index (χ1n) is 4.98. The zero-order valence-corrected chi connectivity index (χ0v) is 12.3. The molecule has 0 N–H and O–H groups in total. The smallest absolute Gasteiger partial charge is 0.264 e. The molecule has 0 aromatic carbocycles. The summed E-state index contributed by atoms with van der Waals surface area (Å²) in [5.74, 6) is 0. The highest BCUT2D eigenvalue weighted by Gasteiger charge is 2.32. The van der Waals surface area contributed by atoms with E-state index < -0.39 is 18.2 Å². The summed E-state index contributed by atoms with van der Waals surface area (Å²) in [6, 6.07) is 0. The van der Waals surface area contributed by atoms with Gasteiger partial charge in [-0.15, -0.1) is 0 Å². The van der Waals surface area contributed by atoms with Gasteiger partial charge in [-0.2, -0.15) is 8.42 Å². The molecule has 0 saturated carbocycles. The molecule has 0 amide bonds. The normalized spacial score (nSPS) is 14.8. The van der Waals surface area contributed by atoms with Crippen molar-refractivity contribution in [2.24, 2.45) is 0 Å². The third kappa shape index (κ3) is 6.12. The fourth-order valence-electron chi connectivity index (χ4n) is 0.756. The van der Waals surface area contributed by atoms with Gasteiger partial charge >= 0.3 is 0 Å². The summed E-state index contributed by atoms with van der Waals surface area (Å²) in [5, 5.41) is 0.272. The summed E-state index contributed by atoms with van der Waals surface area (Å²) in [4.78, 5) is 0. The molecular weight excluding hydrogens is 228 g/mol. The van der Waals surface area contributed by atoms with Crippen molar-refractivity contribution >= 4 is 18.2 Å². The summed E-state index contributed by atoms with van der Waals surface area (Å²) in [5.41, 5.74) is 2.14. The maximum Gasteiger partial charge on any atom is 0.264 e. The van der Waals surface area contributed by atoms with Crippen molar-refractivity contribution in [2.75, 3.05) is 12.9 Å². The van der Waals surface area contributed by atoms with E-state index in [1.165, 1.54) is 0 Å². The van der Waals surface area contributed by atoms with E-state index in [1.807, 2.05) is 6.08 Å². The van der Waals surface area contributed by atoms with Crippen molar-refractivity contribution in [1.29, 1.82) is 0 Å². The maximum atomic E-state index is 10.7. The molecule has 0 fully saturated rings. The Morgan fingerprint density at radius 1 is 1.27 bits per heavy atom. The summed E-state index contributed by atoms with van der Waals surface area (Å²) in [6.07, 6.45) is 2.88. The van der Waals surface area contributed by atoms with Crippen molar-refractivity contribution in [3.8, 4) is 0 Å². The molecule has 0 unspecified atom stereocenters. The second-order valence-electron chi connectivity index (χ2n) is 5.36. The maximum absolute atomic E-state index is 10.7. The largest absolute Gasteiger partial charge is 0.266 e. The molecule has 0 aliphatic heterocycles. The number of hydrogen-bond donors (Lipinski definition) is 0. The van der Waals surface area contributed by atoms with E-state index in [1.54, 1.807) is 0 Å². The number of rotatable bonds is 4. The molecule has 0 aromatic rings. The lowest BCUT2D eigenvalue weighted by molar-refractivity contribution is 0.361. The quantitative estimate of drug-likeness (QED) is 0.569. The van der Waals surface area contributed by atoms with Gasteiger partial charge in [-0.1, -0.05) is 45.6 Å². The van der Waals surface area contributed by atoms with Crippen LogP contribution in [-0.4, -0.2) is 29.4 Å². The standard InChI is InChI=1S/C10H22O3SSi/c1-10(2,3)15(5,6)9-7-8-13-14(4,11)12/h7,9H,8H2,1-6H3. The molecular formula is C10H22O3SSi. The van der Waals surface area contributed by atoms with Gasteiger partial charge in [0, 0.05) is 0 Å². The first-order valence-corrected chi connectivity index (χ1v) is 9.87. The molecule has 0 spiro atoms. The van der Waals surface area contributed by atoms with Crippen LogP contribution in [0.5, 0.6) is 0 Å². The van der Waals surface area contributed by atoms with Gasteiger partial charge in [-0.05, 0) is 5.04 Å². The molecule has 90 valence electrons. The lowest BCUT2D eigenvalue weighted by Crippen LogP contribution is -2.35. The Balaban J connectivity index is 4.31. The molecule has 0 bridgehead atoms. The van der Waals surface area contributed by atoms with Crippen LogP contribution in [0.3, 0.4) is 0 Å². The summed E-state index contributed by atoms with van der Waals surface area (Å²) >= 11 is 0. The van der Waals surface area contributed by atoms with Crippen molar-refractivity contribution in [2.45, 2.75) is 38.9 Å². The van der Waals surface area contributed by atoms with Gasteiger partial charge in [0.1, 0.15) is 0 Å². The van der Waals surface area contributed by atoms with Crippen LogP contribution >= 0.6 is 0 Å². The molecule has 0 heterocycles. The van der Waals surface area contributed by atoms with Gasteiger partial charge in [0.05, 0.1) is 20.9 Å². The van der Waals surface area contributed by atoms with Gasteiger partial charge in [0.25, 0.3) is 10.1 Å². The SMILES string of the molecule is CC(C)(C)[Si](C)(C)C=CCOS(C)(=O)=O. The molecule has 0 radical (unpaired) electrons. The van der Waals surface area contributed by atoms with Crippen LogP contribution in [0.1, 0.15) is 20.8 Å². The van der Waals surface area contributed by atoms with Crippen molar-refractivity contribution in [3.63, 3.8) is 0 Å². The Morgan fingerprint density at radius 3 is 2.07 bits per heavy atom. The molecule has 0 aliphatic carbocycles. The van der Waals surface area contributed by atoms with E-state index >= 15 is 0 Å². The van der Waals surface area contributed by atoms with Crippen molar-refractivity contribution in [1.82, 2.24) is 0 Å². The molecule has 0 atom stereocenters. The fourth-order valence-corrected chi connectivity index (χ4v) is 2.27. The van der Waals surface area contributed by atoms with Crippen LogP contribution < -0.4 is 0 Å². The van der Waals surface area contributed by atoms with Gasteiger partial charge in [0.15, 0.2) is 0 Å². The Morgan fingerprint density at radius 2 is 1.73 bits per heavy atom. The molecule has 0 aromatic heterocycles. The van der Waals surface area contributed by atoms with Gasteiger partial charge in [-0.3, -0.25) is 4.18 Å². The van der Waals surface area contributed by atoms with Crippen LogP contribution in [0.2, 0.25) is 18.1 Å². The third-order valence-electron chi connectivity index (χ3n) is 2.85. The lowest BCUT2D eigenvalue weighted by Gasteiger charge is -2.34. The van der Waals surface area contributed by atoms with E-state index in [0.717, 1.165) is 6.26 Å². The highest BCUT2D eigenvalue weighted by atomic mass is 32.2. The van der Waals surface area contributed by atoms with Gasteiger partial charge < -0.3 is 0 Å². The second kappa shape index (κ2) is 4.80. The van der Waals surface area contributed by atoms with E-state index in [-0.39, 0.29) is 11.6 Å². The van der Waals surface area contributed by atoms with Crippen molar-refractivity contribution in [3.05, 3.63) is 11.8 Å². The van der Waals surface area contributed by atoms with E-state index in [2.05, 4.69) is 43.7 Å². The Bertz CT molecular complexity index is 323. The Kier molecular flexibility index (Phi) is 4.76. The number of hydrogen-bond acceptors (Lipinski definition) is 3. The molecule has 3 nitrogen and oxygen atoms in total. The highest BCUT2D eigenvalue weighted by Crippen LogP contribution is 2.36. The summed E-state index contributed by atoms with van der Waals surface area (Å²) in [6.45, 7) is 11.3. The molecule has 5 heteroatoms. The van der Waals surface area contributed by atoms with E-state index in [0.29, 0.717) is 0 Å². The third-order valence-corrected chi connectivity index (χ3v) is 8.35. The molecule has 0 aliphatic rings. The molecule has 0 rings (SSSR count). The van der Waals surface area contributed by atoms with E-state index in [9.17, 15) is 8.42 Å². The fraction of sp³-hybridized carbons (Fsp3) is 0.800. The van der Waals surface area contributed by atoms with E-state index in [4.69, 9.17) is 0 Å². The zero-order chi connectivity index (χ0) is 12.3. The van der Waals surface area contributed by atoms with Crippen LogP contribution in [0.25, 0.3) is 0 Å². The summed E-state index contributed by atoms with van der Waals surface area (Å²) in [7, 11) is -4.77. The predicted molar refractivity (Wildman–Crippen MR) is 67.1 cm³/mol. The second-order valence-corrected chi connectivity index (χ2v) is 12.3. The first kappa shape index (κ1) is 14.9. The minimum absolute atomic E-state index is 0.144. The molecule has 0 saturated heterocycles. The molecule has 15 heavy (non-hydrogen) atoms. The predicted octanol–water partition coefficient (Wildman–Crippen LogP) is 2.57. The monoisotopic (exact) mass is 250 g/mol. The Hall–Kier alpha value is -0.133. The summed E-state index contributed by atoms with van der Waals surface area (Å²) < 4.78 is 26.1. The van der Waals surface area contributed by atoms with Gasteiger partial charge in [0.2, 0.25) is 0 Å². The minimum Gasteiger partial charge on any atom is -0.266 e. The highest BCUT2D eigenvalue weighted by molar-refractivity contribution is 7.85. The topological polar surface area (TPSA) is 43.4 Å². The lowest BCUT2D eigenvalue weighted by atomic mass is 10.2. The van der Waals surface area contributed by atoms with Crippen LogP contribution in [-0.2, 0) is 14.3 Å². The van der Waals surface area contributed by atoms with Gasteiger partial charge in [-0.25, -0.2) is 0 Å². The average molecular weight is 250 g/mol. The zero-order valence-electron chi connectivity index (χ0n) is 10.5. The average Bonchev–Trinajstić information content (AvgIpc) is 1.94. The van der Waals surface area contributed by atoms with Crippen molar-refractivity contribution < 1.29 is 12.6 Å². The van der Waals surface area contributed by atoms with Crippen LogP contribution in [0.4, 0.5) is 0 Å². The van der Waals surface area contributed by atoms with Crippen LogP contribution in [0, 0.1) is 0 Å². The minimum atomic E-state index is -3.31. The first-order chi connectivity index (χ1) is 6.46. The Labute approximate surface area is 94.7 Å².